The van der Waals surface area contributed by atoms with E-state index in [1.165, 1.54) is 0 Å². The number of hydrogen-bond donors (Lipinski definition) is 4. The summed E-state index contributed by atoms with van der Waals surface area (Å²) in [7, 11) is -2.50. The predicted octanol–water partition coefficient (Wildman–Crippen LogP) is 4.97. The average molecular weight is 501 g/mol. The normalized spacial score (nSPS) is 24.9. The lowest BCUT2D eigenvalue weighted by molar-refractivity contribution is -0.117. The number of pyridine rings is 1. The maximum absolute atomic E-state index is 13.1. The molecule has 1 aromatic heterocycles. The summed E-state index contributed by atoms with van der Waals surface area (Å²) >= 11 is 0. The number of anilines is 2. The van der Waals surface area contributed by atoms with E-state index in [1.54, 1.807) is 13.0 Å². The highest BCUT2D eigenvalue weighted by atomic mass is 32.3. The van der Waals surface area contributed by atoms with E-state index in [9.17, 15) is 18.7 Å². The molecule has 2 aromatic rings. The molecule has 2 aliphatic rings. The van der Waals surface area contributed by atoms with E-state index in [-0.39, 0.29) is 35.9 Å². The standard InChI is InChI=1S/C26H36N4O4S/c1-5-22-17(3)25(29-24-8-6-7-16(2)27-24)21-15-19(9-10-23(21)30(22)18(4)31)26(32)28-20-11-13-35(33,34)14-12-20/h6-10,15,17,20,22,25,33-34H,5,11-14H2,1-4H3,(H,27,29)(H,28,32). The summed E-state index contributed by atoms with van der Waals surface area (Å²) < 4.78 is 19.7. The summed E-state index contributed by atoms with van der Waals surface area (Å²) in [5.41, 5.74) is 3.14. The monoisotopic (exact) mass is 500 g/mol. The van der Waals surface area contributed by atoms with Gasteiger partial charge in [-0.3, -0.25) is 18.7 Å². The first-order chi connectivity index (χ1) is 16.6. The molecule has 4 rings (SSSR count). The summed E-state index contributed by atoms with van der Waals surface area (Å²) in [5.74, 6) is 1.27. The Morgan fingerprint density at radius 2 is 1.89 bits per heavy atom. The molecule has 1 aromatic carbocycles. The molecular weight excluding hydrogens is 464 g/mol. The molecule has 3 heterocycles. The molecule has 9 heteroatoms. The van der Waals surface area contributed by atoms with E-state index in [2.05, 4.69) is 29.5 Å². The van der Waals surface area contributed by atoms with Crippen molar-refractivity contribution in [2.45, 2.75) is 65.1 Å². The van der Waals surface area contributed by atoms with Crippen LogP contribution < -0.4 is 15.5 Å². The van der Waals surface area contributed by atoms with Crippen LogP contribution in [0, 0.1) is 12.8 Å². The van der Waals surface area contributed by atoms with Gasteiger partial charge in [0.1, 0.15) is 5.82 Å². The molecule has 0 bridgehead atoms. The van der Waals surface area contributed by atoms with Crippen LogP contribution in [0.4, 0.5) is 11.5 Å². The topological polar surface area (TPSA) is 115 Å². The Hall–Kier alpha value is -2.62. The lowest BCUT2D eigenvalue weighted by Crippen LogP contribution is -2.49. The third-order valence-corrected chi connectivity index (χ3v) is 9.00. The Labute approximate surface area is 208 Å². The smallest absolute Gasteiger partial charge is 0.251 e. The number of nitrogens with one attached hydrogen (secondary N) is 2. The summed E-state index contributed by atoms with van der Waals surface area (Å²) in [6.07, 6.45) is 1.91. The molecule has 8 nitrogen and oxygen atoms in total. The van der Waals surface area contributed by atoms with Gasteiger partial charge in [-0.05, 0) is 62.1 Å². The Bertz CT molecular complexity index is 1100. The fourth-order valence-corrected chi connectivity index (χ4v) is 6.88. The fourth-order valence-electron chi connectivity index (χ4n) is 5.35. The van der Waals surface area contributed by atoms with Crippen molar-refractivity contribution in [2.24, 2.45) is 5.92 Å². The van der Waals surface area contributed by atoms with E-state index in [1.807, 2.05) is 42.2 Å². The van der Waals surface area contributed by atoms with Crippen molar-refractivity contribution in [3.63, 3.8) is 0 Å². The van der Waals surface area contributed by atoms with Gasteiger partial charge in [-0.2, -0.15) is 10.6 Å². The minimum Gasteiger partial charge on any atom is -0.363 e. The molecule has 4 N–H and O–H groups in total. The van der Waals surface area contributed by atoms with Crippen molar-refractivity contribution in [1.82, 2.24) is 10.3 Å². The second-order valence-electron chi connectivity index (χ2n) is 9.74. The van der Waals surface area contributed by atoms with Gasteiger partial charge in [0.2, 0.25) is 5.91 Å². The van der Waals surface area contributed by atoms with Gasteiger partial charge in [-0.1, -0.05) is 19.9 Å². The number of nitrogens with zero attached hydrogens (tertiary/aromatic N) is 2. The quantitative estimate of drug-likeness (QED) is 0.461. The number of amides is 2. The minimum atomic E-state index is -2.50. The minimum absolute atomic E-state index is 0.0176. The van der Waals surface area contributed by atoms with Crippen molar-refractivity contribution < 1.29 is 18.7 Å². The number of hydrogen-bond acceptors (Lipinski definition) is 6. The Balaban J connectivity index is 1.67. The van der Waals surface area contributed by atoms with E-state index in [0.29, 0.717) is 29.9 Å². The van der Waals surface area contributed by atoms with Crippen molar-refractivity contribution in [2.75, 3.05) is 21.7 Å². The van der Waals surface area contributed by atoms with Gasteiger partial charge < -0.3 is 15.5 Å². The van der Waals surface area contributed by atoms with E-state index in [0.717, 1.165) is 29.2 Å². The highest BCUT2D eigenvalue weighted by Gasteiger charge is 2.40. The number of aryl methyl sites for hydroxylation is 1. The van der Waals surface area contributed by atoms with Crippen molar-refractivity contribution in [3.05, 3.63) is 53.2 Å². The Kier molecular flexibility index (Phi) is 7.40. The van der Waals surface area contributed by atoms with Crippen LogP contribution in [0.3, 0.4) is 0 Å². The van der Waals surface area contributed by atoms with Gasteiger partial charge in [0.15, 0.2) is 0 Å². The van der Waals surface area contributed by atoms with Crippen LogP contribution in [-0.4, -0.2) is 49.5 Å². The first-order valence-electron chi connectivity index (χ1n) is 12.3. The molecule has 0 spiro atoms. The largest absolute Gasteiger partial charge is 0.363 e. The number of benzene rings is 1. The van der Waals surface area contributed by atoms with Crippen molar-refractivity contribution in [1.29, 1.82) is 0 Å². The third-order valence-electron chi connectivity index (χ3n) is 7.22. The van der Waals surface area contributed by atoms with Crippen LogP contribution >= 0.6 is 10.6 Å². The van der Waals surface area contributed by atoms with Gasteiger partial charge in [-0.15, -0.1) is 0 Å². The van der Waals surface area contributed by atoms with Crippen LogP contribution in [-0.2, 0) is 4.79 Å². The maximum atomic E-state index is 13.1. The average Bonchev–Trinajstić information content (AvgIpc) is 2.81. The molecule has 1 fully saturated rings. The van der Waals surface area contributed by atoms with Crippen LogP contribution in [0.5, 0.6) is 0 Å². The SMILES string of the molecule is CCC1C(C)C(Nc2cccc(C)n2)c2cc(C(=O)NC3CCS(O)(O)CC3)ccc2N1C(C)=O. The first-order valence-corrected chi connectivity index (χ1v) is 14.2. The zero-order valence-corrected chi connectivity index (χ0v) is 21.6. The van der Waals surface area contributed by atoms with Crippen LogP contribution in [0.15, 0.2) is 36.4 Å². The van der Waals surface area contributed by atoms with Gasteiger partial charge in [-0.25, -0.2) is 4.98 Å². The summed E-state index contributed by atoms with van der Waals surface area (Å²) in [6.45, 7) is 7.75. The lowest BCUT2D eigenvalue weighted by atomic mass is 9.80. The molecule has 35 heavy (non-hydrogen) atoms. The van der Waals surface area contributed by atoms with E-state index in [4.69, 9.17) is 0 Å². The van der Waals surface area contributed by atoms with Crippen LogP contribution in [0.1, 0.15) is 67.7 Å². The Morgan fingerprint density at radius 1 is 1.17 bits per heavy atom. The second-order valence-corrected chi connectivity index (χ2v) is 12.2. The Morgan fingerprint density at radius 3 is 2.51 bits per heavy atom. The molecule has 2 aliphatic heterocycles. The zero-order chi connectivity index (χ0) is 25.3. The zero-order valence-electron chi connectivity index (χ0n) is 20.8. The molecule has 190 valence electrons. The number of aromatic nitrogens is 1. The van der Waals surface area contributed by atoms with Gasteiger partial charge in [0.25, 0.3) is 5.91 Å². The number of carbonyl (C=O) groups is 2. The molecule has 0 aliphatic carbocycles. The number of rotatable bonds is 5. The van der Waals surface area contributed by atoms with Gasteiger partial charge >= 0.3 is 0 Å². The molecule has 2 amide bonds. The first kappa shape index (κ1) is 25.5. The summed E-state index contributed by atoms with van der Waals surface area (Å²) in [5, 5.41) is 6.63. The van der Waals surface area contributed by atoms with Crippen molar-refractivity contribution in [3.8, 4) is 0 Å². The van der Waals surface area contributed by atoms with Gasteiger partial charge in [0, 0.05) is 53.4 Å². The molecule has 0 saturated carbocycles. The molecule has 3 atom stereocenters. The fraction of sp³-hybridized carbons (Fsp3) is 0.500. The highest BCUT2D eigenvalue weighted by Crippen LogP contribution is 2.45. The van der Waals surface area contributed by atoms with E-state index >= 15 is 0 Å². The lowest BCUT2D eigenvalue weighted by Gasteiger charge is -2.45. The maximum Gasteiger partial charge on any atom is 0.251 e. The van der Waals surface area contributed by atoms with Crippen LogP contribution in [0.25, 0.3) is 0 Å². The third kappa shape index (κ3) is 5.47. The van der Waals surface area contributed by atoms with Crippen molar-refractivity contribution >= 4 is 33.9 Å². The van der Waals surface area contributed by atoms with Crippen LogP contribution in [0.2, 0.25) is 0 Å². The molecule has 1 saturated heterocycles. The summed E-state index contributed by atoms with van der Waals surface area (Å²) in [4.78, 5) is 32.3. The second kappa shape index (κ2) is 10.2. The predicted molar refractivity (Wildman–Crippen MR) is 141 cm³/mol. The molecule has 3 unspecified atom stereocenters. The highest BCUT2D eigenvalue weighted by molar-refractivity contribution is 8.24. The van der Waals surface area contributed by atoms with E-state index < -0.39 is 10.6 Å². The molecular formula is C26H36N4O4S. The summed E-state index contributed by atoms with van der Waals surface area (Å²) in [6, 6.07) is 11.2. The molecule has 0 radical (unpaired) electrons. The number of carbonyl (C=O) groups excluding carboxylic acids is 2. The van der Waals surface area contributed by atoms with Gasteiger partial charge in [0.05, 0.1) is 6.04 Å². The number of fused-ring (bicyclic) bond motifs is 1.